The van der Waals surface area contributed by atoms with E-state index in [0.717, 1.165) is 34.3 Å². The van der Waals surface area contributed by atoms with Gasteiger partial charge in [-0.3, -0.25) is 14.6 Å². The maximum absolute atomic E-state index is 13.2. The summed E-state index contributed by atoms with van der Waals surface area (Å²) >= 11 is 0. The van der Waals surface area contributed by atoms with Crippen LogP contribution in [0.1, 0.15) is 35.3 Å². The highest BCUT2D eigenvalue weighted by Gasteiger charge is 2.38. The maximum Gasteiger partial charge on any atom is 0.250 e. The number of aromatic nitrogens is 3. The van der Waals surface area contributed by atoms with Gasteiger partial charge in [0.25, 0.3) is 0 Å². The van der Waals surface area contributed by atoms with Crippen LogP contribution in [-0.4, -0.2) is 26.6 Å². The summed E-state index contributed by atoms with van der Waals surface area (Å²) in [6.45, 7) is 1.99. The fourth-order valence-corrected chi connectivity index (χ4v) is 4.67. The molecule has 6 rings (SSSR count). The Bertz CT molecular complexity index is 1570. The molecule has 0 aliphatic carbocycles. The highest BCUT2D eigenvalue weighted by molar-refractivity contribution is 6.00. The zero-order chi connectivity index (χ0) is 26.6. The van der Waals surface area contributed by atoms with Gasteiger partial charge < -0.3 is 10.6 Å². The van der Waals surface area contributed by atoms with Crippen LogP contribution in [-0.2, 0) is 4.79 Å². The number of nitrogens with zero attached hydrogens (tertiary/aromatic N) is 4. The number of anilines is 1. The van der Waals surface area contributed by atoms with E-state index in [1.165, 1.54) is 18.3 Å². The molecule has 0 saturated carbocycles. The van der Waals surface area contributed by atoms with Gasteiger partial charge in [0, 0.05) is 29.4 Å². The molecule has 3 heterocycles. The Morgan fingerprint density at radius 3 is 2.34 bits per heavy atom. The molecule has 7 nitrogen and oxygen atoms in total. The molecule has 2 amide bonds. The van der Waals surface area contributed by atoms with Gasteiger partial charge in [-0.25, -0.2) is 9.07 Å². The maximum atomic E-state index is 13.2. The number of rotatable bonds is 4. The van der Waals surface area contributed by atoms with E-state index in [-0.39, 0.29) is 23.7 Å². The molecule has 8 heteroatoms. The second-order valence-corrected chi connectivity index (χ2v) is 9.15. The van der Waals surface area contributed by atoms with Crippen molar-refractivity contribution in [2.24, 2.45) is 11.7 Å². The van der Waals surface area contributed by atoms with Gasteiger partial charge in [0.2, 0.25) is 11.8 Å². The minimum Gasteiger partial charge on any atom is -0.366 e. The van der Waals surface area contributed by atoms with E-state index in [9.17, 15) is 14.0 Å². The summed E-state index contributed by atoms with van der Waals surface area (Å²) in [6, 6.07) is 25.7. The SMILES string of the molecule is C[C@H]1C[C@@H](c2ccccc2)N(c2ccc3c(cnn3-c3ccc(F)cc3)c2)C1=O.NC(=O)c1cccnc1. The van der Waals surface area contributed by atoms with Crippen molar-refractivity contribution in [1.82, 2.24) is 14.8 Å². The van der Waals surface area contributed by atoms with Crippen molar-refractivity contribution >= 4 is 28.4 Å². The summed E-state index contributed by atoms with van der Waals surface area (Å²) in [7, 11) is 0. The Morgan fingerprint density at radius 1 is 0.947 bits per heavy atom. The summed E-state index contributed by atoms with van der Waals surface area (Å²) in [5, 5.41) is 5.40. The normalized spacial score (nSPS) is 16.8. The molecule has 1 aliphatic heterocycles. The van der Waals surface area contributed by atoms with Gasteiger partial charge in [0.1, 0.15) is 5.82 Å². The first-order valence-electron chi connectivity index (χ1n) is 12.2. The summed E-state index contributed by atoms with van der Waals surface area (Å²) in [4.78, 5) is 29.0. The Balaban J connectivity index is 0.000000278. The van der Waals surface area contributed by atoms with Gasteiger partial charge in [-0.2, -0.15) is 5.10 Å². The standard InChI is InChI=1S/C24H20FN3O.C6H6N2O/c1-16-13-23(17-5-3-2-4-6-17)27(24(16)29)21-11-12-22-18(14-21)15-26-28(22)20-9-7-19(25)8-10-20;7-6(9)5-2-1-3-8-4-5/h2-12,14-16,23H,13H2,1H3;1-4H,(H2,7,9)/t16-,23-;/m0./s1. The lowest BCUT2D eigenvalue weighted by Crippen LogP contribution is -2.28. The van der Waals surface area contributed by atoms with Crippen molar-refractivity contribution in [2.45, 2.75) is 19.4 Å². The molecule has 0 spiro atoms. The largest absolute Gasteiger partial charge is 0.366 e. The van der Waals surface area contributed by atoms with Crippen LogP contribution < -0.4 is 10.6 Å². The van der Waals surface area contributed by atoms with Crippen molar-refractivity contribution in [2.75, 3.05) is 4.90 Å². The van der Waals surface area contributed by atoms with Gasteiger partial charge in [-0.05, 0) is 66.6 Å². The lowest BCUT2D eigenvalue weighted by Gasteiger charge is -2.25. The summed E-state index contributed by atoms with van der Waals surface area (Å²) in [5.41, 5.74) is 9.10. The van der Waals surface area contributed by atoms with Crippen molar-refractivity contribution < 1.29 is 14.0 Å². The van der Waals surface area contributed by atoms with E-state index in [2.05, 4.69) is 22.2 Å². The molecule has 0 unspecified atom stereocenters. The molecule has 0 bridgehead atoms. The fraction of sp³-hybridized carbons (Fsp3) is 0.133. The lowest BCUT2D eigenvalue weighted by atomic mass is 10.0. The van der Waals surface area contributed by atoms with Crippen molar-refractivity contribution in [3.8, 4) is 5.69 Å². The molecule has 2 aromatic heterocycles. The van der Waals surface area contributed by atoms with Gasteiger partial charge in [0.05, 0.1) is 29.0 Å². The summed E-state index contributed by atoms with van der Waals surface area (Å²) in [5.74, 6) is -0.591. The van der Waals surface area contributed by atoms with E-state index >= 15 is 0 Å². The van der Waals surface area contributed by atoms with E-state index in [1.807, 2.05) is 48.2 Å². The van der Waals surface area contributed by atoms with Gasteiger partial charge >= 0.3 is 0 Å². The van der Waals surface area contributed by atoms with E-state index in [0.29, 0.717) is 5.56 Å². The van der Waals surface area contributed by atoms with Gasteiger partial charge in [-0.1, -0.05) is 37.3 Å². The number of carbonyl (C=O) groups excluding carboxylic acids is 2. The third-order valence-corrected chi connectivity index (χ3v) is 6.58. The fourth-order valence-electron chi connectivity index (χ4n) is 4.67. The number of nitrogens with two attached hydrogens (primary N) is 1. The topological polar surface area (TPSA) is 94.1 Å². The second kappa shape index (κ2) is 10.6. The van der Waals surface area contributed by atoms with Crippen LogP contribution in [0.25, 0.3) is 16.6 Å². The number of pyridine rings is 1. The number of hydrogen-bond acceptors (Lipinski definition) is 4. The van der Waals surface area contributed by atoms with Crippen LogP contribution in [0.3, 0.4) is 0 Å². The van der Waals surface area contributed by atoms with Crippen molar-refractivity contribution in [1.29, 1.82) is 0 Å². The van der Waals surface area contributed by atoms with Crippen LogP contribution in [0.5, 0.6) is 0 Å². The number of hydrogen-bond donors (Lipinski definition) is 1. The molecule has 38 heavy (non-hydrogen) atoms. The number of carbonyl (C=O) groups is 2. The Morgan fingerprint density at radius 2 is 1.68 bits per heavy atom. The molecule has 190 valence electrons. The zero-order valence-corrected chi connectivity index (χ0v) is 20.7. The molecule has 2 atom stereocenters. The molecule has 0 radical (unpaired) electrons. The molecule has 1 aliphatic rings. The van der Waals surface area contributed by atoms with Gasteiger partial charge in [0.15, 0.2) is 0 Å². The number of fused-ring (bicyclic) bond motifs is 1. The van der Waals surface area contributed by atoms with E-state index < -0.39 is 5.91 Å². The molecule has 1 fully saturated rings. The van der Waals surface area contributed by atoms with Crippen LogP contribution in [0, 0.1) is 11.7 Å². The Hall–Kier alpha value is -4.85. The minimum atomic E-state index is -0.442. The molecule has 1 saturated heterocycles. The first-order valence-corrected chi connectivity index (χ1v) is 12.2. The third kappa shape index (κ3) is 5.01. The monoisotopic (exact) mass is 507 g/mol. The smallest absolute Gasteiger partial charge is 0.250 e. The average molecular weight is 508 g/mol. The zero-order valence-electron chi connectivity index (χ0n) is 20.7. The van der Waals surface area contributed by atoms with E-state index in [4.69, 9.17) is 5.73 Å². The predicted molar refractivity (Wildman–Crippen MR) is 144 cm³/mol. The molecular formula is C30H26FN5O2. The minimum absolute atomic E-state index is 0.0159. The van der Waals surface area contributed by atoms with Crippen molar-refractivity contribution in [3.05, 3.63) is 120 Å². The second-order valence-electron chi connectivity index (χ2n) is 9.15. The first-order chi connectivity index (χ1) is 18.4. The first kappa shape index (κ1) is 24.8. The van der Waals surface area contributed by atoms with Crippen LogP contribution >= 0.6 is 0 Å². The number of benzene rings is 3. The Labute approximate surface area is 219 Å². The van der Waals surface area contributed by atoms with Crippen molar-refractivity contribution in [3.63, 3.8) is 0 Å². The lowest BCUT2D eigenvalue weighted by molar-refractivity contribution is -0.120. The van der Waals surface area contributed by atoms with E-state index in [1.54, 1.807) is 41.3 Å². The molecule has 3 aromatic carbocycles. The van der Waals surface area contributed by atoms with Crippen LogP contribution in [0.4, 0.5) is 10.1 Å². The predicted octanol–water partition coefficient (Wildman–Crippen LogP) is 5.46. The number of amides is 2. The highest BCUT2D eigenvalue weighted by Crippen LogP contribution is 2.40. The van der Waals surface area contributed by atoms with Gasteiger partial charge in [-0.15, -0.1) is 0 Å². The van der Waals surface area contributed by atoms with Crippen LogP contribution in [0.2, 0.25) is 0 Å². The molecular weight excluding hydrogens is 481 g/mol. The number of halogens is 1. The average Bonchev–Trinajstić information content (AvgIpc) is 3.50. The number of primary amides is 1. The molecule has 2 N–H and O–H groups in total. The van der Waals surface area contributed by atoms with Crippen LogP contribution in [0.15, 0.2) is 104 Å². The summed E-state index contributed by atoms with van der Waals surface area (Å²) in [6.07, 6.45) is 5.61. The third-order valence-electron chi connectivity index (χ3n) is 6.58. The quantitative estimate of drug-likeness (QED) is 0.350. The summed E-state index contributed by atoms with van der Waals surface area (Å²) < 4.78 is 15.0. The highest BCUT2D eigenvalue weighted by atomic mass is 19.1. The molecule has 5 aromatic rings. The Kier molecular flexibility index (Phi) is 6.95.